The van der Waals surface area contributed by atoms with Crippen molar-refractivity contribution < 1.29 is 86.7 Å². The van der Waals surface area contributed by atoms with Crippen molar-refractivity contribution in [1.29, 1.82) is 0 Å². The third kappa shape index (κ3) is 8.74. The van der Waals surface area contributed by atoms with Crippen molar-refractivity contribution in [3.8, 4) is 0 Å². The van der Waals surface area contributed by atoms with Crippen molar-refractivity contribution in [2.24, 2.45) is 0 Å². The third-order valence-electron chi connectivity index (χ3n) is 2.73. The number of imidazole rings is 1. The summed E-state index contributed by atoms with van der Waals surface area (Å²) in [6, 6.07) is 1.40. The normalized spacial score (nSPS) is 12.3. The van der Waals surface area contributed by atoms with Crippen molar-refractivity contribution in [2.75, 3.05) is 0 Å². The van der Waals surface area contributed by atoms with E-state index < -0.39 is 7.60 Å². The summed E-state index contributed by atoms with van der Waals surface area (Å²) in [6.07, 6.45) is 8.10. The van der Waals surface area contributed by atoms with Crippen LogP contribution < -0.4 is 0 Å². The van der Waals surface area contributed by atoms with Gasteiger partial charge in [0.25, 0.3) is 0 Å². The SMILES string of the molecule is Cc1n[c-]nc2c1ncn2[C-]1CCC1.[CH2-]P(=O)(O)O.[CH3-].[V].[W+2].[Y]. The number of aryl methyl sites for hydroxylation is 1. The van der Waals surface area contributed by atoms with Crippen LogP contribution in [0.15, 0.2) is 6.33 Å². The van der Waals surface area contributed by atoms with E-state index in [1.54, 1.807) is 0 Å². The van der Waals surface area contributed by atoms with Gasteiger partial charge in [-0.05, 0) is 12.0 Å². The Morgan fingerprint density at radius 2 is 1.91 bits per heavy atom. The van der Waals surface area contributed by atoms with Gasteiger partial charge in [-0.25, -0.2) is 6.66 Å². The number of aromatic nitrogens is 4. The Hall–Kier alpha value is 0.947. The van der Waals surface area contributed by atoms with E-state index in [9.17, 15) is 4.57 Å². The number of hydrogen-bond donors (Lipinski definition) is 2. The zero-order valence-electron chi connectivity index (χ0n) is 12.9. The van der Waals surface area contributed by atoms with Gasteiger partial charge >= 0.3 is 21.1 Å². The molecule has 0 bridgehead atoms. The quantitative estimate of drug-likeness (QED) is 0.374. The van der Waals surface area contributed by atoms with E-state index in [2.05, 4.69) is 32.5 Å². The first-order chi connectivity index (χ1) is 8.86. The first-order valence-corrected chi connectivity index (χ1v) is 7.49. The molecule has 0 spiro atoms. The molecule has 2 aromatic heterocycles. The van der Waals surface area contributed by atoms with Gasteiger partial charge in [-0.2, -0.15) is 0 Å². The maximum atomic E-state index is 9.22. The molecule has 2 N–H and O–H groups in total. The summed E-state index contributed by atoms with van der Waals surface area (Å²) in [7, 11) is -3.89. The summed E-state index contributed by atoms with van der Waals surface area (Å²) < 4.78 is 11.3. The van der Waals surface area contributed by atoms with Gasteiger partial charge in [-0.15, -0.1) is 6.04 Å². The number of fused-ring (bicyclic) bond motifs is 1. The van der Waals surface area contributed by atoms with Gasteiger partial charge in [-0.3, -0.25) is 4.57 Å². The summed E-state index contributed by atoms with van der Waals surface area (Å²) in [5.41, 5.74) is 2.68. The Labute approximate surface area is 188 Å². The van der Waals surface area contributed by atoms with Crippen LogP contribution in [0.25, 0.3) is 11.2 Å². The monoisotopic (exact) mass is 620 g/mol. The molecule has 1 saturated carbocycles. The number of hydrogen-bond acceptors (Lipinski definition) is 4. The second-order valence-electron chi connectivity index (χ2n) is 4.28. The first-order valence-electron chi connectivity index (χ1n) is 5.69. The molecule has 2 aromatic rings. The average Bonchev–Trinajstić information content (AvgIpc) is 2.58. The van der Waals surface area contributed by atoms with Crippen LogP contribution >= 0.6 is 7.60 Å². The minimum atomic E-state index is -3.89. The van der Waals surface area contributed by atoms with Crippen LogP contribution in [-0.2, 0) is 76.9 Å². The molecule has 0 aliphatic heterocycles. The van der Waals surface area contributed by atoms with Gasteiger partial charge in [0, 0.05) is 68.8 Å². The van der Waals surface area contributed by atoms with Gasteiger partial charge in [0.1, 0.15) is 0 Å². The van der Waals surface area contributed by atoms with Crippen LogP contribution in [0.4, 0.5) is 0 Å². The Morgan fingerprint density at radius 1 is 1.39 bits per heavy atom. The van der Waals surface area contributed by atoms with Crippen molar-refractivity contribution >= 4 is 18.8 Å². The third-order valence-corrected chi connectivity index (χ3v) is 2.73. The summed E-state index contributed by atoms with van der Waals surface area (Å²) >= 11 is 0. The van der Waals surface area contributed by atoms with Crippen molar-refractivity contribution in [2.45, 2.75) is 26.2 Å². The molecule has 2 radical (unpaired) electrons. The molecule has 2 heterocycles. The summed E-state index contributed by atoms with van der Waals surface area (Å²) in [5.74, 6) is 0. The fourth-order valence-electron chi connectivity index (χ4n) is 1.71. The minimum absolute atomic E-state index is 0. The van der Waals surface area contributed by atoms with Crippen molar-refractivity contribution in [3.05, 3.63) is 38.5 Å². The molecule has 0 amide bonds. The number of nitrogens with zero attached hydrogens (tertiary/aromatic N) is 4. The zero-order valence-corrected chi connectivity index (χ0v) is 20.9. The molecule has 0 saturated heterocycles. The van der Waals surface area contributed by atoms with Crippen molar-refractivity contribution in [3.63, 3.8) is 0 Å². The van der Waals surface area contributed by atoms with Crippen LogP contribution in [-0.4, -0.2) is 29.3 Å². The fraction of sp³-hybridized carbons (Fsp3) is 0.333. The topological polar surface area (TPSA) is 101 Å². The van der Waals surface area contributed by atoms with E-state index in [1.807, 2.05) is 13.3 Å². The fourth-order valence-corrected chi connectivity index (χ4v) is 1.71. The predicted octanol–water partition coefficient (Wildman–Crippen LogP) is 1.90. The summed E-state index contributed by atoms with van der Waals surface area (Å²) in [4.78, 5) is 27.5. The number of rotatable bonds is 1. The second kappa shape index (κ2) is 12.3. The molecule has 1 aliphatic rings. The largest absolute Gasteiger partial charge is 2.00 e. The standard InChI is InChI=1S/C10H10N4.CH4O3P.CH3.V.W.Y/c1-7-9-10(12-5-11-7)14(6-13-9)8-3-2-4-8;1-5(2,3)4;;;;/h6H,2-4H2,1H3;1H2,(H2,2,3,4);1H3;;;/q-2;2*-1;;+2;. The second-order valence-corrected chi connectivity index (χ2v) is 5.61. The van der Waals surface area contributed by atoms with Gasteiger partial charge in [0.05, 0.1) is 0 Å². The molecule has 1 aliphatic carbocycles. The molecule has 3 rings (SSSR count). The van der Waals surface area contributed by atoms with E-state index in [-0.39, 0.29) is 79.8 Å². The molecule has 0 unspecified atom stereocenters. The van der Waals surface area contributed by atoms with E-state index in [0.29, 0.717) is 0 Å². The smallest absolute Gasteiger partial charge is 0.452 e. The van der Waals surface area contributed by atoms with Crippen LogP contribution in [0.1, 0.15) is 25.0 Å². The Morgan fingerprint density at radius 3 is 2.35 bits per heavy atom. The molecular formula is C12H17N4O3PVWY-2. The van der Waals surface area contributed by atoms with E-state index in [0.717, 1.165) is 29.7 Å². The van der Waals surface area contributed by atoms with Gasteiger partial charge in [0.2, 0.25) is 0 Å². The molecule has 23 heavy (non-hydrogen) atoms. The summed E-state index contributed by atoms with van der Waals surface area (Å²) in [6.45, 7) is 4.37. The van der Waals surface area contributed by atoms with E-state index >= 15 is 0 Å². The Kier molecular flexibility index (Phi) is 15.4. The molecule has 1 fully saturated rings. The average molecular weight is 620 g/mol. The molecule has 0 aromatic carbocycles. The molecule has 0 atom stereocenters. The maximum Gasteiger partial charge on any atom is 2.00 e. The van der Waals surface area contributed by atoms with Gasteiger partial charge in [-0.1, -0.05) is 26.2 Å². The van der Waals surface area contributed by atoms with Crippen LogP contribution in [0.3, 0.4) is 0 Å². The van der Waals surface area contributed by atoms with E-state index in [1.165, 1.54) is 12.5 Å². The minimum Gasteiger partial charge on any atom is -0.452 e. The molecule has 124 valence electrons. The maximum absolute atomic E-state index is 9.22. The molecular weight excluding hydrogens is 603 g/mol. The zero-order chi connectivity index (χ0) is 14.0. The van der Waals surface area contributed by atoms with Gasteiger partial charge < -0.3 is 36.7 Å². The van der Waals surface area contributed by atoms with Crippen LogP contribution in [0.2, 0.25) is 0 Å². The summed E-state index contributed by atoms with van der Waals surface area (Å²) in [5, 5.41) is 0. The van der Waals surface area contributed by atoms with Crippen LogP contribution in [0, 0.1) is 33.4 Å². The Bertz CT molecular complexity index is 628. The first kappa shape index (κ1) is 28.7. The molecule has 7 nitrogen and oxygen atoms in total. The van der Waals surface area contributed by atoms with Crippen LogP contribution in [0.5, 0.6) is 0 Å². The molecule has 11 heteroatoms. The predicted molar refractivity (Wildman–Crippen MR) is 75.2 cm³/mol. The Balaban J connectivity index is -0.000000400. The van der Waals surface area contributed by atoms with Crippen molar-refractivity contribution in [1.82, 2.24) is 19.5 Å². The van der Waals surface area contributed by atoms with Gasteiger partial charge in [0.15, 0.2) is 7.60 Å². The van der Waals surface area contributed by atoms with E-state index in [4.69, 9.17) is 9.79 Å².